The van der Waals surface area contributed by atoms with Gasteiger partial charge in [-0.2, -0.15) is 0 Å². The molecule has 1 aliphatic carbocycles. The Balaban J connectivity index is 1.78. The van der Waals surface area contributed by atoms with Crippen LogP contribution in [0.15, 0.2) is 18.2 Å². The predicted octanol–water partition coefficient (Wildman–Crippen LogP) is 3.10. The van der Waals surface area contributed by atoms with Crippen molar-refractivity contribution in [3.63, 3.8) is 0 Å². The highest BCUT2D eigenvalue weighted by Crippen LogP contribution is 2.26. The average molecular weight is 263 g/mol. The fourth-order valence-corrected chi connectivity index (χ4v) is 2.66. The van der Waals surface area contributed by atoms with Gasteiger partial charge in [0.25, 0.3) is 0 Å². The van der Waals surface area contributed by atoms with Crippen molar-refractivity contribution >= 4 is 23.0 Å². The Morgan fingerprint density at radius 3 is 2.83 bits per heavy atom. The van der Waals surface area contributed by atoms with Gasteiger partial charge in [0.05, 0.1) is 5.69 Å². The molecule has 0 aromatic carbocycles. The minimum atomic E-state index is 0.353. The van der Waals surface area contributed by atoms with Gasteiger partial charge in [0.2, 0.25) is 0 Å². The quantitative estimate of drug-likeness (QED) is 0.802. The van der Waals surface area contributed by atoms with Gasteiger partial charge in [-0.3, -0.25) is 0 Å². The standard InChI is InChI=1S/C14H21N3S/c15-14(18)12-7-4-8-13(17-12)16-10-9-11-5-2-1-3-6-11/h4,7-8,11H,1-3,5-6,9-10H2,(H2,15,18)(H,16,17). The maximum Gasteiger partial charge on any atom is 0.126 e. The van der Waals surface area contributed by atoms with E-state index in [9.17, 15) is 0 Å². The maximum absolute atomic E-state index is 5.57. The van der Waals surface area contributed by atoms with Gasteiger partial charge in [0.15, 0.2) is 0 Å². The topological polar surface area (TPSA) is 50.9 Å². The number of nitrogens with one attached hydrogen (secondary N) is 1. The molecule has 0 unspecified atom stereocenters. The van der Waals surface area contributed by atoms with Gasteiger partial charge in [-0.1, -0.05) is 50.4 Å². The van der Waals surface area contributed by atoms with Gasteiger partial charge < -0.3 is 11.1 Å². The molecule has 0 saturated heterocycles. The molecule has 1 aromatic heterocycles. The van der Waals surface area contributed by atoms with Crippen molar-refractivity contribution in [3.05, 3.63) is 23.9 Å². The summed E-state index contributed by atoms with van der Waals surface area (Å²) < 4.78 is 0. The molecule has 1 aliphatic rings. The molecule has 1 aromatic rings. The maximum atomic E-state index is 5.57. The molecule has 2 rings (SSSR count). The van der Waals surface area contributed by atoms with E-state index < -0.39 is 0 Å². The van der Waals surface area contributed by atoms with Gasteiger partial charge in [0, 0.05) is 6.54 Å². The second-order valence-corrected chi connectivity index (χ2v) is 5.43. The van der Waals surface area contributed by atoms with E-state index >= 15 is 0 Å². The van der Waals surface area contributed by atoms with E-state index in [2.05, 4.69) is 10.3 Å². The van der Waals surface area contributed by atoms with Crippen molar-refractivity contribution in [3.8, 4) is 0 Å². The summed E-state index contributed by atoms with van der Waals surface area (Å²) in [5, 5.41) is 3.36. The molecule has 0 radical (unpaired) electrons. The lowest BCUT2D eigenvalue weighted by atomic mass is 9.87. The second-order valence-electron chi connectivity index (χ2n) is 4.99. The van der Waals surface area contributed by atoms with Crippen LogP contribution in [0.2, 0.25) is 0 Å². The SMILES string of the molecule is NC(=S)c1cccc(NCCC2CCCCC2)n1. The Kier molecular flexibility index (Phi) is 4.93. The zero-order chi connectivity index (χ0) is 12.8. The minimum absolute atomic E-state index is 0.353. The molecule has 0 aliphatic heterocycles. The van der Waals surface area contributed by atoms with Crippen LogP contribution in [-0.2, 0) is 0 Å². The minimum Gasteiger partial charge on any atom is -0.388 e. The lowest BCUT2D eigenvalue weighted by Crippen LogP contribution is -2.15. The Bertz CT molecular complexity index is 400. The summed E-state index contributed by atoms with van der Waals surface area (Å²) in [6.45, 7) is 0.985. The number of pyridine rings is 1. The fourth-order valence-electron chi connectivity index (χ4n) is 2.55. The van der Waals surface area contributed by atoms with E-state index in [0.29, 0.717) is 10.7 Å². The largest absolute Gasteiger partial charge is 0.388 e. The Hall–Kier alpha value is -1.16. The summed E-state index contributed by atoms with van der Waals surface area (Å²) in [4.78, 5) is 4.73. The van der Waals surface area contributed by atoms with Gasteiger partial charge >= 0.3 is 0 Å². The smallest absolute Gasteiger partial charge is 0.126 e. The summed E-state index contributed by atoms with van der Waals surface area (Å²) in [6.07, 6.45) is 8.24. The summed E-state index contributed by atoms with van der Waals surface area (Å²) in [6, 6.07) is 5.74. The number of hydrogen-bond acceptors (Lipinski definition) is 3. The highest BCUT2D eigenvalue weighted by Gasteiger charge is 2.12. The lowest BCUT2D eigenvalue weighted by molar-refractivity contribution is 0.345. The van der Waals surface area contributed by atoms with E-state index in [0.717, 1.165) is 18.3 Å². The first-order chi connectivity index (χ1) is 8.75. The molecule has 18 heavy (non-hydrogen) atoms. The zero-order valence-corrected chi connectivity index (χ0v) is 11.5. The summed E-state index contributed by atoms with van der Waals surface area (Å²) >= 11 is 4.92. The van der Waals surface area contributed by atoms with E-state index in [-0.39, 0.29) is 0 Å². The van der Waals surface area contributed by atoms with Gasteiger partial charge in [0.1, 0.15) is 10.8 Å². The molecule has 98 valence electrons. The molecule has 3 N–H and O–H groups in total. The van der Waals surface area contributed by atoms with Crippen molar-refractivity contribution in [2.45, 2.75) is 38.5 Å². The van der Waals surface area contributed by atoms with E-state index in [4.69, 9.17) is 18.0 Å². The van der Waals surface area contributed by atoms with Gasteiger partial charge in [-0.15, -0.1) is 0 Å². The Morgan fingerprint density at radius 2 is 2.11 bits per heavy atom. The second kappa shape index (κ2) is 6.69. The van der Waals surface area contributed by atoms with Crippen LogP contribution >= 0.6 is 12.2 Å². The highest BCUT2D eigenvalue weighted by atomic mass is 32.1. The number of rotatable bonds is 5. The molecule has 4 heteroatoms. The van der Waals surface area contributed by atoms with E-state index in [1.807, 2.05) is 18.2 Å². The first kappa shape index (κ1) is 13.3. The third kappa shape index (κ3) is 3.95. The average Bonchev–Trinajstić information content (AvgIpc) is 2.40. The molecule has 0 bridgehead atoms. The third-order valence-electron chi connectivity index (χ3n) is 3.58. The van der Waals surface area contributed by atoms with Gasteiger partial charge in [-0.25, -0.2) is 4.98 Å². The number of nitrogens with zero attached hydrogens (tertiary/aromatic N) is 1. The van der Waals surface area contributed by atoms with Crippen molar-refractivity contribution in [1.29, 1.82) is 0 Å². The van der Waals surface area contributed by atoms with Crippen LogP contribution in [0.5, 0.6) is 0 Å². The molecular formula is C14H21N3S. The fraction of sp³-hybridized carbons (Fsp3) is 0.571. The predicted molar refractivity (Wildman–Crippen MR) is 79.8 cm³/mol. The first-order valence-electron chi connectivity index (χ1n) is 6.76. The molecular weight excluding hydrogens is 242 g/mol. The van der Waals surface area contributed by atoms with Crippen molar-refractivity contribution in [2.24, 2.45) is 11.7 Å². The van der Waals surface area contributed by atoms with Crippen molar-refractivity contribution in [2.75, 3.05) is 11.9 Å². The Labute approximate surface area is 114 Å². The summed E-state index contributed by atoms with van der Waals surface area (Å²) in [5.74, 6) is 1.76. The lowest BCUT2D eigenvalue weighted by Gasteiger charge is -2.21. The summed E-state index contributed by atoms with van der Waals surface area (Å²) in [5.41, 5.74) is 6.26. The molecule has 0 amide bonds. The van der Waals surface area contributed by atoms with Crippen LogP contribution < -0.4 is 11.1 Å². The third-order valence-corrected chi connectivity index (χ3v) is 3.79. The molecule has 1 heterocycles. The molecule has 3 nitrogen and oxygen atoms in total. The normalized spacial score (nSPS) is 16.4. The Morgan fingerprint density at radius 1 is 1.33 bits per heavy atom. The van der Waals surface area contributed by atoms with Crippen LogP contribution in [0.1, 0.15) is 44.2 Å². The molecule has 0 spiro atoms. The highest BCUT2D eigenvalue weighted by molar-refractivity contribution is 7.80. The molecule has 1 fully saturated rings. The first-order valence-corrected chi connectivity index (χ1v) is 7.17. The van der Waals surface area contributed by atoms with Crippen LogP contribution in [0.25, 0.3) is 0 Å². The van der Waals surface area contributed by atoms with Crippen LogP contribution in [0.4, 0.5) is 5.82 Å². The van der Waals surface area contributed by atoms with Crippen molar-refractivity contribution < 1.29 is 0 Å². The number of hydrogen-bond donors (Lipinski definition) is 2. The molecule has 0 atom stereocenters. The van der Waals surface area contributed by atoms with Crippen LogP contribution in [-0.4, -0.2) is 16.5 Å². The van der Waals surface area contributed by atoms with Crippen molar-refractivity contribution in [1.82, 2.24) is 4.98 Å². The monoisotopic (exact) mass is 263 g/mol. The number of nitrogens with two attached hydrogens (primary N) is 1. The van der Waals surface area contributed by atoms with Crippen LogP contribution in [0, 0.1) is 5.92 Å². The number of thiocarbonyl (C=S) groups is 1. The van der Waals surface area contributed by atoms with E-state index in [1.54, 1.807) is 0 Å². The van der Waals surface area contributed by atoms with Crippen LogP contribution in [0.3, 0.4) is 0 Å². The van der Waals surface area contributed by atoms with E-state index in [1.165, 1.54) is 38.5 Å². The zero-order valence-electron chi connectivity index (χ0n) is 10.7. The number of aromatic nitrogens is 1. The summed E-state index contributed by atoms with van der Waals surface area (Å²) in [7, 11) is 0. The number of anilines is 1. The van der Waals surface area contributed by atoms with Gasteiger partial charge in [-0.05, 0) is 24.5 Å². The molecule has 1 saturated carbocycles.